The topological polar surface area (TPSA) is 264 Å². The van der Waals surface area contributed by atoms with Crippen molar-refractivity contribution in [3.63, 3.8) is 0 Å². The number of nitroso groups, excluding NO2 is 3. The summed E-state index contributed by atoms with van der Waals surface area (Å²) in [5.74, 6) is 0. The average Bonchev–Trinajstić information content (AvgIpc) is 3.59. The van der Waals surface area contributed by atoms with Crippen molar-refractivity contribution in [2.75, 3.05) is 0 Å². The maximum absolute atomic E-state index is 7.50. The van der Waals surface area contributed by atoms with E-state index in [0.717, 1.165) is 0 Å². The minimum absolute atomic E-state index is 0. The molecule has 0 unspecified atom stereocenters. The summed E-state index contributed by atoms with van der Waals surface area (Å²) in [7, 11) is 12.0. The molecule has 21 heteroatoms. The Morgan fingerprint density at radius 2 is 0.521 bits per heavy atom. The van der Waals surface area contributed by atoms with Crippen LogP contribution >= 0.6 is 0 Å². The number of aromatic nitrogens is 6. The summed E-state index contributed by atoms with van der Waals surface area (Å²) in [4.78, 5) is 21.8. The van der Waals surface area contributed by atoms with Crippen LogP contribution < -0.4 is 30.5 Å². The summed E-state index contributed by atoms with van der Waals surface area (Å²) in [6.07, 6.45) is 9.33. The Bertz CT molecular complexity index is 1030. The Kier molecular flexibility index (Phi) is 103. The van der Waals surface area contributed by atoms with Gasteiger partial charge in [0.2, 0.25) is 19.0 Å². The molecule has 0 aliphatic rings. The number of hydrogen-bond acceptors (Lipinski definition) is 3. The summed E-state index contributed by atoms with van der Waals surface area (Å²) in [5, 5.41) is 0. The molecule has 0 aliphatic carbocycles. The summed E-state index contributed by atoms with van der Waals surface area (Å²) in [5.41, 5.74) is 24.9. The first-order chi connectivity index (χ1) is 21.4. The quantitative estimate of drug-likeness (QED) is 0.161. The van der Waals surface area contributed by atoms with Crippen molar-refractivity contribution in [1.82, 2.24) is 30.5 Å². The molecular formula is C27H36Co3N9O9. The van der Waals surface area contributed by atoms with Crippen molar-refractivity contribution >= 4 is 0 Å². The van der Waals surface area contributed by atoms with Gasteiger partial charge in [0.15, 0.2) is 0 Å². The second-order valence-electron chi connectivity index (χ2n) is 7.17. The number of hydrogen-bond donors (Lipinski definition) is 0. The van der Waals surface area contributed by atoms with Gasteiger partial charge in [-0.1, -0.05) is 41.5 Å². The van der Waals surface area contributed by atoms with Gasteiger partial charge in [-0.25, -0.2) is 0 Å². The minimum Gasteiger partial charge on any atom is -0.120 e. The predicted octanol–water partition coefficient (Wildman–Crippen LogP) is -0.774. The third-order valence-electron chi connectivity index (χ3n) is 5.49. The molecule has 0 fully saturated rings. The normalized spacial score (nSPS) is 6.25. The van der Waals surface area contributed by atoms with Crippen molar-refractivity contribution in [3.05, 3.63) is 108 Å². The molecule has 0 spiro atoms. The maximum atomic E-state index is 7.50. The first-order valence-electron chi connectivity index (χ1n) is 10.9. The van der Waals surface area contributed by atoms with Crippen LogP contribution in [0.25, 0.3) is 0 Å². The van der Waals surface area contributed by atoms with E-state index in [1.54, 1.807) is 0 Å². The van der Waals surface area contributed by atoms with E-state index in [2.05, 4.69) is 100 Å². The summed E-state index contributed by atoms with van der Waals surface area (Å²) >= 11 is 0. The second-order valence-corrected chi connectivity index (χ2v) is 7.17. The first kappa shape index (κ1) is 79.7. The number of rotatable bonds is 0. The van der Waals surface area contributed by atoms with Crippen LogP contribution in [0.4, 0.5) is 0 Å². The zero-order valence-corrected chi connectivity index (χ0v) is 31.3. The van der Waals surface area contributed by atoms with Gasteiger partial charge in [-0.05, 0) is 34.2 Å². The van der Waals surface area contributed by atoms with Crippen molar-refractivity contribution in [3.8, 4) is 0 Å². The molecule has 270 valence electrons. The Morgan fingerprint density at radius 1 is 0.417 bits per heavy atom. The van der Waals surface area contributed by atoms with Crippen LogP contribution in [0.2, 0.25) is 0 Å². The van der Waals surface area contributed by atoms with E-state index < -0.39 is 0 Å². The number of nitrogens with zero attached hydrogens (tertiary/aromatic N) is 9. The Balaban J connectivity index is -0.0000000320. The molecule has 3 rings (SSSR count). The number of imidazole rings is 3. The standard InChI is InChI=1S/3C7H12N2.6CO.3Co.3NO/c3*1-6-7(2)9(4)5-8(6)3;6*1-2;;;;3*1-2/h3*1-4H3;;;;;;;;;;;;. The molecule has 0 amide bonds. The van der Waals surface area contributed by atoms with E-state index in [-0.39, 0.29) is 50.3 Å². The summed E-state index contributed by atoms with van der Waals surface area (Å²) in [6.45, 7) is 39.5. The Morgan fingerprint density at radius 3 is 0.542 bits per heavy atom. The third-order valence-corrected chi connectivity index (χ3v) is 5.49. The van der Waals surface area contributed by atoms with Crippen LogP contribution in [-0.4, -0.2) is 13.7 Å². The van der Waals surface area contributed by atoms with Gasteiger partial charge in [0.25, 0.3) is 0 Å². The fourth-order valence-corrected chi connectivity index (χ4v) is 2.58. The van der Waals surface area contributed by atoms with Crippen LogP contribution in [0.15, 0.2) is 0 Å². The van der Waals surface area contributed by atoms with Crippen molar-refractivity contribution in [2.45, 2.75) is 41.5 Å². The molecule has 0 bridgehead atoms. The smallest absolute Gasteiger partial charge is 0.120 e. The van der Waals surface area contributed by atoms with E-state index in [4.69, 9.17) is 59.4 Å². The average molecular weight is 807 g/mol. The van der Waals surface area contributed by atoms with Gasteiger partial charge in [-0.15, -0.1) is 14.7 Å². The molecule has 0 atom stereocenters. The molecule has 18 nitrogen and oxygen atoms in total. The fraction of sp³-hybridized carbons (Fsp3) is 0.444. The van der Waals surface area contributed by atoms with E-state index in [9.17, 15) is 0 Å². The van der Waals surface area contributed by atoms with Gasteiger partial charge in [-0.2, -0.15) is 0 Å². The number of aryl methyl sites for hydroxylation is 6. The van der Waals surface area contributed by atoms with E-state index in [0.29, 0.717) is 0 Å². The van der Waals surface area contributed by atoms with Crippen molar-refractivity contribution in [1.29, 1.82) is 0 Å². The molecule has 0 N–H and O–H groups in total. The second kappa shape index (κ2) is 62.3. The van der Waals surface area contributed by atoms with Gasteiger partial charge < -0.3 is 27.4 Å². The molecule has 0 aromatic carbocycles. The maximum Gasteiger partial charge on any atom is 0.120 e. The summed E-state index contributed by atoms with van der Waals surface area (Å²) in [6, 6.07) is 0. The molecule has 0 aliphatic heterocycles. The summed E-state index contributed by atoms with van der Waals surface area (Å²) < 4.78 is 57.0. The monoisotopic (exact) mass is 807 g/mol. The SMILES string of the molecule is Cc1c(C)[n+](C)[c-]n1C.Cc1c(C)[n+](C)[c-]n1C.Cc1c(C)[n+](C)[c-]n1C.[C-]#[O+].[C-]#[O+].[C-]#[O+].[C-]#[O+].[C-]#[O+].[C-]#[O+].[Co].[Co].[Co].[N]=O.[N]=O.[N]=O. The Hall–Kier alpha value is -3.61. The van der Waals surface area contributed by atoms with Crippen LogP contribution in [0.5, 0.6) is 0 Å². The van der Waals surface area contributed by atoms with Crippen LogP contribution in [-0.2, 0) is 121 Å². The minimum atomic E-state index is 0. The van der Waals surface area contributed by atoms with E-state index in [1.807, 2.05) is 69.7 Å². The largest absolute Gasteiger partial charge is 0.120 e. The van der Waals surface area contributed by atoms with Crippen molar-refractivity contribution in [2.24, 2.45) is 42.3 Å². The zero-order chi connectivity index (χ0) is 39.0. The molecule has 0 saturated heterocycles. The third kappa shape index (κ3) is 36.9. The van der Waals surface area contributed by atoms with Gasteiger partial charge in [0.1, 0.15) is 16.8 Å². The Labute approximate surface area is 312 Å². The zero-order valence-electron chi connectivity index (χ0n) is 28.2. The van der Waals surface area contributed by atoms with Crippen LogP contribution in [0.1, 0.15) is 34.2 Å². The fourth-order valence-electron chi connectivity index (χ4n) is 2.58. The molecule has 0 saturated carbocycles. The molecule has 3 heterocycles. The molecule has 6 radical (unpaired) electrons. The van der Waals surface area contributed by atoms with E-state index in [1.165, 1.54) is 34.2 Å². The molecule has 3 aromatic heterocycles. The molecule has 48 heavy (non-hydrogen) atoms. The van der Waals surface area contributed by atoms with Gasteiger partial charge in [-0.3, -0.25) is 0 Å². The first-order valence-corrected chi connectivity index (χ1v) is 10.9. The van der Waals surface area contributed by atoms with Crippen LogP contribution in [0, 0.1) is 115 Å². The van der Waals surface area contributed by atoms with E-state index >= 15 is 0 Å². The molecule has 3 aromatic rings. The van der Waals surface area contributed by atoms with Crippen LogP contribution in [0.3, 0.4) is 0 Å². The van der Waals surface area contributed by atoms with Gasteiger partial charge >= 0.3 is 67.8 Å². The van der Waals surface area contributed by atoms with Gasteiger partial charge in [0.05, 0.1) is 42.3 Å². The van der Waals surface area contributed by atoms with Gasteiger partial charge in [0, 0.05) is 50.3 Å². The van der Waals surface area contributed by atoms with Crippen molar-refractivity contribution < 1.29 is 92.0 Å². The predicted molar refractivity (Wildman–Crippen MR) is 145 cm³/mol. The molecular weight excluding hydrogens is 771 g/mol.